The molecule has 4 nitrogen and oxygen atoms in total. The fourth-order valence-corrected chi connectivity index (χ4v) is 3.79. The van der Waals surface area contributed by atoms with Crippen LogP contribution in [0.25, 0.3) is 0 Å². The molecule has 96 valence electrons. The van der Waals surface area contributed by atoms with Crippen molar-refractivity contribution < 1.29 is 13.6 Å². The Hall–Kier alpha value is 0.0569. The van der Waals surface area contributed by atoms with Crippen LogP contribution >= 0.6 is 0 Å². The molecule has 0 radical (unpaired) electrons. The van der Waals surface area contributed by atoms with Crippen LogP contribution in [0.3, 0.4) is 0 Å². The molecule has 0 spiro atoms. The molecule has 16 heavy (non-hydrogen) atoms. The van der Waals surface area contributed by atoms with Crippen molar-refractivity contribution in [3.63, 3.8) is 0 Å². The molecule has 0 saturated carbocycles. The predicted octanol–water partition coefficient (Wildman–Crippen LogP) is 1.00. The van der Waals surface area contributed by atoms with Crippen LogP contribution in [0.4, 0.5) is 0 Å². The predicted molar refractivity (Wildman–Crippen MR) is 67.1 cm³/mol. The Balaban J connectivity index is 2.09. The quantitative estimate of drug-likeness (QED) is 0.628. The zero-order valence-corrected chi connectivity index (χ0v) is 11.9. The standard InChI is InChI=1S/C11H25NO3Si/c1-11(16(13-2)14-3)5-4-6-12-7-9-15-10-8-12/h11,16H,4-10H2,1-3H3. The van der Waals surface area contributed by atoms with Gasteiger partial charge in [0, 0.05) is 27.3 Å². The molecule has 0 aromatic carbocycles. The van der Waals surface area contributed by atoms with E-state index in [9.17, 15) is 0 Å². The maximum Gasteiger partial charge on any atom is 0.323 e. The molecule has 1 heterocycles. The second-order valence-corrected chi connectivity index (χ2v) is 7.23. The summed E-state index contributed by atoms with van der Waals surface area (Å²) in [6.45, 7) is 7.38. The largest absolute Gasteiger partial charge is 0.400 e. The number of ether oxygens (including phenoxy) is 1. The van der Waals surface area contributed by atoms with E-state index in [0.29, 0.717) is 5.54 Å². The first-order valence-electron chi connectivity index (χ1n) is 6.13. The summed E-state index contributed by atoms with van der Waals surface area (Å²) in [5.41, 5.74) is 0.594. The van der Waals surface area contributed by atoms with Gasteiger partial charge in [-0.2, -0.15) is 0 Å². The third-order valence-electron chi connectivity index (χ3n) is 3.17. The van der Waals surface area contributed by atoms with Crippen molar-refractivity contribution in [2.24, 2.45) is 0 Å². The Labute approximate surface area is 101 Å². The van der Waals surface area contributed by atoms with Crippen LogP contribution in [0.2, 0.25) is 5.54 Å². The first-order valence-corrected chi connectivity index (χ1v) is 7.74. The molecule has 0 aromatic rings. The van der Waals surface area contributed by atoms with E-state index in [4.69, 9.17) is 13.6 Å². The van der Waals surface area contributed by atoms with Crippen LogP contribution in [0, 0.1) is 0 Å². The summed E-state index contributed by atoms with van der Waals surface area (Å²) in [5, 5.41) is 0. The van der Waals surface area contributed by atoms with Crippen LogP contribution in [-0.4, -0.2) is 61.3 Å². The molecule has 0 amide bonds. The Morgan fingerprint density at radius 2 is 1.88 bits per heavy atom. The van der Waals surface area contributed by atoms with Crippen LogP contribution < -0.4 is 0 Å². The van der Waals surface area contributed by atoms with Gasteiger partial charge in [0.2, 0.25) is 0 Å². The average Bonchev–Trinajstić information content (AvgIpc) is 2.32. The maximum absolute atomic E-state index is 5.39. The van der Waals surface area contributed by atoms with Gasteiger partial charge in [0.05, 0.1) is 13.2 Å². The number of hydrogen-bond acceptors (Lipinski definition) is 4. The Morgan fingerprint density at radius 1 is 1.25 bits per heavy atom. The monoisotopic (exact) mass is 247 g/mol. The molecule has 0 aliphatic carbocycles. The number of nitrogens with zero attached hydrogens (tertiary/aromatic N) is 1. The summed E-state index contributed by atoms with van der Waals surface area (Å²) in [7, 11) is 2.12. The van der Waals surface area contributed by atoms with E-state index in [0.717, 1.165) is 26.3 Å². The second kappa shape index (κ2) is 8.19. The zero-order valence-electron chi connectivity index (χ0n) is 10.8. The van der Waals surface area contributed by atoms with E-state index in [2.05, 4.69) is 11.8 Å². The lowest BCUT2D eigenvalue weighted by Crippen LogP contribution is -2.37. The van der Waals surface area contributed by atoms with Crippen molar-refractivity contribution in [2.45, 2.75) is 25.3 Å². The maximum atomic E-state index is 5.39. The van der Waals surface area contributed by atoms with Crippen molar-refractivity contribution in [2.75, 3.05) is 47.1 Å². The minimum atomic E-state index is -1.40. The third-order valence-corrected chi connectivity index (χ3v) is 5.36. The van der Waals surface area contributed by atoms with Gasteiger partial charge in [0.1, 0.15) is 0 Å². The van der Waals surface area contributed by atoms with Gasteiger partial charge in [-0.3, -0.25) is 4.90 Å². The number of hydrogen-bond donors (Lipinski definition) is 0. The summed E-state index contributed by atoms with van der Waals surface area (Å²) in [6.07, 6.45) is 2.44. The van der Waals surface area contributed by atoms with Gasteiger partial charge in [0.15, 0.2) is 0 Å². The fraction of sp³-hybridized carbons (Fsp3) is 1.00. The minimum absolute atomic E-state index is 0.594. The van der Waals surface area contributed by atoms with E-state index in [1.807, 2.05) is 0 Å². The molecule has 0 N–H and O–H groups in total. The highest BCUT2D eigenvalue weighted by molar-refractivity contribution is 6.46. The molecule has 1 aliphatic heterocycles. The second-order valence-electron chi connectivity index (χ2n) is 4.41. The lowest BCUT2D eigenvalue weighted by molar-refractivity contribution is 0.0371. The summed E-state index contributed by atoms with van der Waals surface area (Å²) in [6, 6.07) is 0. The molecule has 1 unspecified atom stereocenters. The van der Waals surface area contributed by atoms with Gasteiger partial charge in [-0.25, -0.2) is 0 Å². The van der Waals surface area contributed by atoms with Crippen molar-refractivity contribution in [3.05, 3.63) is 0 Å². The topological polar surface area (TPSA) is 30.9 Å². The smallest absolute Gasteiger partial charge is 0.323 e. The molecular formula is C11H25NO3Si. The molecule has 1 fully saturated rings. The van der Waals surface area contributed by atoms with Gasteiger partial charge < -0.3 is 13.6 Å². The van der Waals surface area contributed by atoms with Crippen LogP contribution in [-0.2, 0) is 13.6 Å². The number of rotatable bonds is 7. The Morgan fingerprint density at radius 3 is 2.44 bits per heavy atom. The van der Waals surface area contributed by atoms with Crippen molar-refractivity contribution in [3.8, 4) is 0 Å². The van der Waals surface area contributed by atoms with Crippen LogP contribution in [0.1, 0.15) is 19.8 Å². The van der Waals surface area contributed by atoms with Crippen LogP contribution in [0.15, 0.2) is 0 Å². The summed E-state index contributed by atoms with van der Waals surface area (Å²) < 4.78 is 16.1. The Kier molecular flexibility index (Phi) is 7.23. The molecule has 5 heteroatoms. The molecule has 1 atom stereocenters. The van der Waals surface area contributed by atoms with Crippen molar-refractivity contribution >= 4 is 9.28 Å². The highest BCUT2D eigenvalue weighted by Gasteiger charge is 2.19. The van der Waals surface area contributed by atoms with E-state index in [-0.39, 0.29) is 0 Å². The first kappa shape index (κ1) is 14.1. The molecule has 1 rings (SSSR count). The number of morpholine rings is 1. The molecule has 0 bridgehead atoms. The molecule has 0 aromatic heterocycles. The summed E-state index contributed by atoms with van der Waals surface area (Å²) in [4.78, 5) is 2.48. The van der Waals surface area contributed by atoms with Crippen molar-refractivity contribution in [1.29, 1.82) is 0 Å². The van der Waals surface area contributed by atoms with Crippen LogP contribution in [0.5, 0.6) is 0 Å². The van der Waals surface area contributed by atoms with E-state index in [1.54, 1.807) is 14.2 Å². The Bertz CT molecular complexity index is 173. The lowest BCUT2D eigenvalue weighted by atomic mass is 10.2. The van der Waals surface area contributed by atoms with Gasteiger partial charge in [-0.15, -0.1) is 0 Å². The lowest BCUT2D eigenvalue weighted by Gasteiger charge is -2.27. The third kappa shape index (κ3) is 4.93. The van der Waals surface area contributed by atoms with E-state index < -0.39 is 9.28 Å². The highest BCUT2D eigenvalue weighted by atomic mass is 28.3. The minimum Gasteiger partial charge on any atom is -0.400 e. The summed E-state index contributed by atoms with van der Waals surface area (Å²) >= 11 is 0. The molecule has 1 saturated heterocycles. The fourth-order valence-electron chi connectivity index (χ4n) is 2.16. The zero-order chi connectivity index (χ0) is 11.8. The highest BCUT2D eigenvalue weighted by Crippen LogP contribution is 2.17. The van der Waals surface area contributed by atoms with Gasteiger partial charge in [0.25, 0.3) is 0 Å². The summed E-state index contributed by atoms with van der Waals surface area (Å²) in [5.74, 6) is 0. The SMILES string of the molecule is CO[SiH](OC)C(C)CCCN1CCOCC1. The van der Waals surface area contributed by atoms with Gasteiger partial charge in [-0.1, -0.05) is 6.92 Å². The first-order chi connectivity index (χ1) is 7.77. The molecular weight excluding hydrogens is 222 g/mol. The normalized spacial score (nSPS) is 20.2. The van der Waals surface area contributed by atoms with Crippen molar-refractivity contribution in [1.82, 2.24) is 4.90 Å². The van der Waals surface area contributed by atoms with Gasteiger partial charge in [-0.05, 0) is 24.9 Å². The van der Waals surface area contributed by atoms with Gasteiger partial charge >= 0.3 is 9.28 Å². The van der Waals surface area contributed by atoms with E-state index >= 15 is 0 Å². The average molecular weight is 247 g/mol. The van der Waals surface area contributed by atoms with E-state index in [1.165, 1.54) is 19.4 Å². The molecule has 1 aliphatic rings.